The maximum atomic E-state index is 11.0. The summed E-state index contributed by atoms with van der Waals surface area (Å²) in [5.41, 5.74) is 0.764. The summed E-state index contributed by atoms with van der Waals surface area (Å²) >= 11 is 0. The lowest BCUT2D eigenvalue weighted by Crippen LogP contribution is -2.14. The Kier molecular flexibility index (Phi) is 2.49. The van der Waals surface area contributed by atoms with Crippen molar-refractivity contribution in [1.29, 1.82) is 0 Å². The number of aryl methyl sites for hydroxylation is 1. The molecule has 0 fully saturated rings. The molecule has 0 saturated carbocycles. The maximum absolute atomic E-state index is 11.0. The third-order valence-electron chi connectivity index (χ3n) is 1.66. The van der Waals surface area contributed by atoms with Crippen LogP contribution in [-0.2, 0) is 16.4 Å². The molecule has 0 heterocycles. The van der Waals surface area contributed by atoms with Gasteiger partial charge in [-0.15, -0.1) is 0 Å². The molecule has 0 bridgehead atoms. The molecule has 0 aliphatic heterocycles. The summed E-state index contributed by atoms with van der Waals surface area (Å²) in [4.78, 5) is 0.229. The number of hydrogen-bond donors (Lipinski definition) is 1. The zero-order chi connectivity index (χ0) is 9.19. The van der Waals surface area contributed by atoms with Crippen LogP contribution in [0.5, 0.6) is 0 Å². The van der Waals surface area contributed by atoms with E-state index in [0.717, 1.165) is 5.56 Å². The van der Waals surface area contributed by atoms with Gasteiger partial charge in [-0.2, -0.15) is 0 Å². The van der Waals surface area contributed by atoms with Crippen molar-refractivity contribution in [2.75, 3.05) is 0 Å². The zero-order valence-corrected chi connectivity index (χ0v) is 7.64. The number of rotatable bonds is 2. The highest BCUT2D eigenvalue weighted by Gasteiger charge is 2.10. The number of hydrogen-bond acceptors (Lipinski definition) is 2. The van der Waals surface area contributed by atoms with Gasteiger partial charge in [0, 0.05) is 0 Å². The summed E-state index contributed by atoms with van der Waals surface area (Å²) in [6.07, 6.45) is 0.673. The minimum absolute atomic E-state index is 0.229. The van der Waals surface area contributed by atoms with Gasteiger partial charge in [-0.05, 0) is 18.1 Å². The van der Waals surface area contributed by atoms with Gasteiger partial charge >= 0.3 is 0 Å². The van der Waals surface area contributed by atoms with E-state index in [2.05, 4.69) is 0 Å². The van der Waals surface area contributed by atoms with Crippen LogP contribution < -0.4 is 5.14 Å². The Balaban J connectivity index is 3.33. The predicted octanol–water partition coefficient (Wildman–Crippen LogP) is 0.896. The fourth-order valence-electron chi connectivity index (χ4n) is 1.07. The first-order chi connectivity index (χ1) is 5.55. The first kappa shape index (κ1) is 9.22. The zero-order valence-electron chi connectivity index (χ0n) is 6.82. The summed E-state index contributed by atoms with van der Waals surface area (Å²) in [6, 6.07) is 6.75. The molecule has 0 aliphatic carbocycles. The molecule has 0 spiro atoms. The van der Waals surface area contributed by atoms with Crippen LogP contribution in [-0.4, -0.2) is 8.42 Å². The van der Waals surface area contributed by atoms with Crippen LogP contribution in [0.3, 0.4) is 0 Å². The van der Waals surface area contributed by atoms with Gasteiger partial charge in [0.15, 0.2) is 0 Å². The van der Waals surface area contributed by atoms with Crippen LogP contribution in [0.25, 0.3) is 0 Å². The molecule has 3 nitrogen and oxygen atoms in total. The van der Waals surface area contributed by atoms with Gasteiger partial charge in [-0.3, -0.25) is 0 Å². The molecule has 0 unspecified atom stereocenters. The molecule has 1 aromatic carbocycles. The highest BCUT2D eigenvalue weighted by molar-refractivity contribution is 7.89. The van der Waals surface area contributed by atoms with Crippen LogP contribution in [0, 0.1) is 0 Å². The van der Waals surface area contributed by atoms with E-state index in [9.17, 15) is 8.42 Å². The Hall–Kier alpha value is -0.870. The highest BCUT2D eigenvalue weighted by atomic mass is 32.2. The van der Waals surface area contributed by atoms with Crippen molar-refractivity contribution in [3.8, 4) is 0 Å². The monoisotopic (exact) mass is 185 g/mol. The number of primary sulfonamides is 1. The normalized spacial score (nSPS) is 11.5. The lowest BCUT2D eigenvalue weighted by atomic mass is 10.2. The van der Waals surface area contributed by atoms with E-state index < -0.39 is 10.0 Å². The van der Waals surface area contributed by atoms with Gasteiger partial charge in [-0.25, -0.2) is 13.6 Å². The largest absolute Gasteiger partial charge is 0.238 e. The lowest BCUT2D eigenvalue weighted by Gasteiger charge is -2.03. The number of nitrogens with two attached hydrogens (primary N) is 1. The molecule has 2 N–H and O–H groups in total. The molecule has 0 aliphatic rings. The van der Waals surface area contributed by atoms with Gasteiger partial charge in [0.2, 0.25) is 10.0 Å². The summed E-state index contributed by atoms with van der Waals surface area (Å²) in [6.45, 7) is 1.89. The molecule has 1 aromatic rings. The second kappa shape index (κ2) is 3.25. The van der Waals surface area contributed by atoms with Crippen molar-refractivity contribution < 1.29 is 8.42 Å². The van der Waals surface area contributed by atoms with E-state index in [0.29, 0.717) is 6.42 Å². The molecule has 66 valence electrons. The standard InChI is InChI=1S/C8H11NO2S/c1-2-7-5-3-4-6-8(7)12(9,10)11/h3-6H,2H2,1H3,(H2,9,10,11). The van der Waals surface area contributed by atoms with Gasteiger partial charge in [0.05, 0.1) is 4.90 Å². The molecule has 0 aromatic heterocycles. The molecule has 0 saturated heterocycles. The van der Waals surface area contributed by atoms with Crippen molar-refractivity contribution in [3.63, 3.8) is 0 Å². The Morgan fingerprint density at radius 1 is 1.33 bits per heavy atom. The highest BCUT2D eigenvalue weighted by Crippen LogP contribution is 2.13. The van der Waals surface area contributed by atoms with Crippen molar-refractivity contribution in [3.05, 3.63) is 29.8 Å². The molecule has 0 amide bonds. The molecule has 0 radical (unpaired) electrons. The Morgan fingerprint density at radius 2 is 1.92 bits per heavy atom. The van der Waals surface area contributed by atoms with Crippen LogP contribution in [0.4, 0.5) is 0 Å². The fourth-order valence-corrected chi connectivity index (χ4v) is 1.92. The van der Waals surface area contributed by atoms with E-state index in [1.54, 1.807) is 18.2 Å². The Bertz CT molecular complexity index is 370. The second-order valence-electron chi connectivity index (χ2n) is 2.51. The summed E-state index contributed by atoms with van der Waals surface area (Å²) in [7, 11) is -3.55. The lowest BCUT2D eigenvalue weighted by molar-refractivity contribution is 0.596. The maximum Gasteiger partial charge on any atom is 0.238 e. The average molecular weight is 185 g/mol. The van der Waals surface area contributed by atoms with E-state index in [1.165, 1.54) is 6.07 Å². The second-order valence-corrected chi connectivity index (χ2v) is 4.04. The number of sulfonamides is 1. The molecular formula is C8H11NO2S. The van der Waals surface area contributed by atoms with Crippen molar-refractivity contribution in [2.45, 2.75) is 18.2 Å². The summed E-state index contributed by atoms with van der Waals surface area (Å²) in [5.74, 6) is 0. The summed E-state index contributed by atoms with van der Waals surface area (Å²) < 4.78 is 22.0. The van der Waals surface area contributed by atoms with E-state index >= 15 is 0 Å². The minimum Gasteiger partial charge on any atom is -0.225 e. The van der Waals surface area contributed by atoms with E-state index in [-0.39, 0.29) is 4.90 Å². The SMILES string of the molecule is CCc1ccccc1S(N)(=O)=O. The van der Waals surface area contributed by atoms with E-state index in [4.69, 9.17) is 5.14 Å². The smallest absolute Gasteiger partial charge is 0.225 e. The van der Waals surface area contributed by atoms with Gasteiger partial charge in [0.1, 0.15) is 0 Å². The Labute approximate surface area is 72.3 Å². The third kappa shape index (κ3) is 1.84. The third-order valence-corrected chi connectivity index (χ3v) is 2.67. The first-order valence-electron chi connectivity index (χ1n) is 3.66. The number of benzene rings is 1. The van der Waals surface area contributed by atoms with Crippen LogP contribution in [0.1, 0.15) is 12.5 Å². The van der Waals surface area contributed by atoms with Gasteiger partial charge < -0.3 is 0 Å². The molecular weight excluding hydrogens is 174 g/mol. The van der Waals surface area contributed by atoms with E-state index in [1.807, 2.05) is 6.92 Å². The predicted molar refractivity (Wildman–Crippen MR) is 47.2 cm³/mol. The van der Waals surface area contributed by atoms with Crippen LogP contribution in [0.2, 0.25) is 0 Å². The topological polar surface area (TPSA) is 60.2 Å². The van der Waals surface area contributed by atoms with Gasteiger partial charge in [-0.1, -0.05) is 25.1 Å². The van der Waals surface area contributed by atoms with Crippen molar-refractivity contribution >= 4 is 10.0 Å². The molecule has 12 heavy (non-hydrogen) atoms. The molecule has 1 rings (SSSR count). The van der Waals surface area contributed by atoms with Crippen LogP contribution >= 0.6 is 0 Å². The Morgan fingerprint density at radius 3 is 2.33 bits per heavy atom. The van der Waals surface area contributed by atoms with Crippen molar-refractivity contribution in [2.24, 2.45) is 5.14 Å². The average Bonchev–Trinajstić information content (AvgIpc) is 2.03. The summed E-state index contributed by atoms with van der Waals surface area (Å²) in [5, 5.41) is 5.01. The van der Waals surface area contributed by atoms with Gasteiger partial charge in [0.25, 0.3) is 0 Å². The quantitative estimate of drug-likeness (QED) is 0.744. The van der Waals surface area contributed by atoms with Crippen LogP contribution in [0.15, 0.2) is 29.2 Å². The fraction of sp³-hybridized carbons (Fsp3) is 0.250. The minimum atomic E-state index is -3.55. The molecule has 4 heteroatoms. The van der Waals surface area contributed by atoms with Crippen molar-refractivity contribution in [1.82, 2.24) is 0 Å². The first-order valence-corrected chi connectivity index (χ1v) is 5.21. The molecule has 0 atom stereocenters.